The number of carbonyl (C=O) groups excluding carboxylic acids is 2. The Morgan fingerprint density at radius 2 is 2.14 bits per heavy atom. The summed E-state index contributed by atoms with van der Waals surface area (Å²) in [5, 5.41) is 0. The molecule has 3 aliphatic heterocycles. The third-order valence-electron chi connectivity index (χ3n) is 5.11. The predicted molar refractivity (Wildman–Crippen MR) is 79.0 cm³/mol. The second-order valence-corrected chi connectivity index (χ2v) is 6.73. The Hall–Kier alpha value is -1.62. The summed E-state index contributed by atoms with van der Waals surface area (Å²) in [7, 11) is 0. The molecule has 3 saturated heterocycles. The molecule has 5 heteroatoms. The first-order valence-electron chi connectivity index (χ1n) is 7.72. The summed E-state index contributed by atoms with van der Waals surface area (Å²) < 4.78 is 17.2. The van der Waals surface area contributed by atoms with Crippen LogP contribution in [-0.4, -0.2) is 35.9 Å². The Morgan fingerprint density at radius 3 is 2.82 bits per heavy atom. The average Bonchev–Trinajstić information content (AvgIpc) is 2.95. The highest BCUT2D eigenvalue weighted by molar-refractivity contribution is 5.90. The van der Waals surface area contributed by atoms with Crippen LogP contribution in [0.2, 0.25) is 0 Å². The van der Waals surface area contributed by atoms with Gasteiger partial charge in [0.2, 0.25) is 0 Å². The highest BCUT2D eigenvalue weighted by Gasteiger charge is 2.51. The molecule has 3 heterocycles. The van der Waals surface area contributed by atoms with E-state index in [-0.39, 0.29) is 30.1 Å². The fourth-order valence-electron chi connectivity index (χ4n) is 3.78. The lowest BCUT2D eigenvalue weighted by Crippen LogP contribution is -2.43. The Morgan fingerprint density at radius 1 is 1.41 bits per heavy atom. The minimum atomic E-state index is -0.555. The summed E-state index contributed by atoms with van der Waals surface area (Å²) in [6.07, 6.45) is 1.94. The SMILES string of the molecule is C=C1C[C@@H]2OC(=O)C(=C)[C@@H]2C[C@H](OC(C)=O)[C@@]2(C)CC[C@H]1O2. The van der Waals surface area contributed by atoms with Crippen LogP contribution in [-0.2, 0) is 23.8 Å². The van der Waals surface area contributed by atoms with Crippen LogP contribution >= 0.6 is 0 Å². The van der Waals surface area contributed by atoms with Crippen LogP contribution in [0, 0.1) is 5.92 Å². The fraction of sp³-hybridized carbons (Fsp3) is 0.647. The van der Waals surface area contributed by atoms with Crippen LogP contribution in [0.15, 0.2) is 24.3 Å². The van der Waals surface area contributed by atoms with Gasteiger partial charge in [0.15, 0.2) is 0 Å². The summed E-state index contributed by atoms with van der Waals surface area (Å²) in [4.78, 5) is 23.4. The van der Waals surface area contributed by atoms with Gasteiger partial charge in [-0.1, -0.05) is 13.2 Å². The monoisotopic (exact) mass is 306 g/mol. The van der Waals surface area contributed by atoms with Gasteiger partial charge < -0.3 is 14.2 Å². The van der Waals surface area contributed by atoms with E-state index in [4.69, 9.17) is 14.2 Å². The first-order chi connectivity index (χ1) is 10.3. The molecular weight excluding hydrogens is 284 g/mol. The van der Waals surface area contributed by atoms with E-state index in [1.54, 1.807) is 0 Å². The summed E-state index contributed by atoms with van der Waals surface area (Å²) >= 11 is 0. The minimum absolute atomic E-state index is 0.0747. The fourth-order valence-corrected chi connectivity index (χ4v) is 3.78. The van der Waals surface area contributed by atoms with E-state index in [1.807, 2.05) is 6.92 Å². The molecule has 0 saturated carbocycles. The average molecular weight is 306 g/mol. The quantitative estimate of drug-likeness (QED) is 0.422. The van der Waals surface area contributed by atoms with Crippen LogP contribution < -0.4 is 0 Å². The zero-order valence-corrected chi connectivity index (χ0v) is 13.1. The summed E-state index contributed by atoms with van der Waals surface area (Å²) in [5.41, 5.74) is 0.834. The number of carbonyl (C=O) groups is 2. The molecule has 3 rings (SSSR count). The number of hydrogen-bond acceptors (Lipinski definition) is 5. The van der Waals surface area contributed by atoms with Crippen molar-refractivity contribution < 1.29 is 23.8 Å². The summed E-state index contributed by atoms with van der Waals surface area (Å²) in [6, 6.07) is 0. The van der Waals surface area contributed by atoms with Gasteiger partial charge in [-0.25, -0.2) is 4.79 Å². The lowest BCUT2D eigenvalue weighted by Gasteiger charge is -2.34. The molecule has 5 nitrogen and oxygen atoms in total. The van der Waals surface area contributed by atoms with Gasteiger partial charge in [-0.15, -0.1) is 0 Å². The van der Waals surface area contributed by atoms with Crippen LogP contribution in [0.1, 0.15) is 39.5 Å². The molecule has 0 aromatic rings. The van der Waals surface area contributed by atoms with Crippen LogP contribution in [0.5, 0.6) is 0 Å². The zero-order chi connectivity index (χ0) is 16.1. The Balaban J connectivity index is 1.95. The van der Waals surface area contributed by atoms with Gasteiger partial charge in [-0.05, 0) is 31.8 Å². The number of esters is 2. The Kier molecular flexibility index (Phi) is 3.63. The molecule has 0 aromatic carbocycles. The smallest absolute Gasteiger partial charge is 0.334 e. The van der Waals surface area contributed by atoms with E-state index in [9.17, 15) is 9.59 Å². The van der Waals surface area contributed by atoms with Crippen molar-refractivity contribution >= 4 is 11.9 Å². The van der Waals surface area contributed by atoms with Crippen molar-refractivity contribution in [2.24, 2.45) is 5.92 Å². The van der Waals surface area contributed by atoms with Crippen molar-refractivity contribution in [2.75, 3.05) is 0 Å². The highest BCUT2D eigenvalue weighted by Crippen LogP contribution is 2.45. The lowest BCUT2D eigenvalue weighted by molar-refractivity contribution is -0.167. The van der Waals surface area contributed by atoms with Crippen molar-refractivity contribution in [3.8, 4) is 0 Å². The van der Waals surface area contributed by atoms with Crippen LogP contribution in [0.4, 0.5) is 0 Å². The molecule has 22 heavy (non-hydrogen) atoms. The first-order valence-corrected chi connectivity index (χ1v) is 7.72. The first kappa shape index (κ1) is 15.3. The molecule has 0 radical (unpaired) electrons. The number of ether oxygens (including phenoxy) is 3. The normalized spacial score (nSPS) is 41.3. The Labute approximate surface area is 130 Å². The van der Waals surface area contributed by atoms with Crippen molar-refractivity contribution in [3.05, 3.63) is 24.3 Å². The zero-order valence-electron chi connectivity index (χ0n) is 13.1. The molecule has 3 fully saturated rings. The van der Waals surface area contributed by atoms with Crippen molar-refractivity contribution in [1.82, 2.24) is 0 Å². The molecule has 3 aliphatic rings. The third-order valence-corrected chi connectivity index (χ3v) is 5.11. The molecule has 2 bridgehead atoms. The van der Waals surface area contributed by atoms with Crippen molar-refractivity contribution in [3.63, 3.8) is 0 Å². The molecule has 0 N–H and O–H groups in total. The number of fused-ring (bicyclic) bond motifs is 3. The number of rotatable bonds is 1. The summed E-state index contributed by atoms with van der Waals surface area (Å²) in [6.45, 7) is 11.3. The third kappa shape index (κ3) is 2.47. The van der Waals surface area contributed by atoms with Gasteiger partial charge in [-0.2, -0.15) is 0 Å². The molecule has 0 unspecified atom stereocenters. The van der Waals surface area contributed by atoms with Crippen LogP contribution in [0.25, 0.3) is 0 Å². The van der Waals surface area contributed by atoms with E-state index in [1.165, 1.54) is 6.92 Å². The minimum Gasteiger partial charge on any atom is -0.459 e. The van der Waals surface area contributed by atoms with Gasteiger partial charge >= 0.3 is 11.9 Å². The van der Waals surface area contributed by atoms with Crippen molar-refractivity contribution in [1.29, 1.82) is 0 Å². The van der Waals surface area contributed by atoms with Crippen LogP contribution in [0.3, 0.4) is 0 Å². The van der Waals surface area contributed by atoms with Gasteiger partial charge in [-0.3, -0.25) is 4.79 Å². The van der Waals surface area contributed by atoms with Gasteiger partial charge in [0, 0.05) is 24.8 Å². The van der Waals surface area contributed by atoms with E-state index in [0.717, 1.165) is 18.4 Å². The predicted octanol–water partition coefficient (Wildman–Crippen LogP) is 2.30. The van der Waals surface area contributed by atoms with Gasteiger partial charge in [0.1, 0.15) is 17.8 Å². The number of hydrogen-bond donors (Lipinski definition) is 0. The van der Waals surface area contributed by atoms with E-state index < -0.39 is 11.7 Å². The maximum Gasteiger partial charge on any atom is 0.334 e. The van der Waals surface area contributed by atoms with Gasteiger partial charge in [0.25, 0.3) is 0 Å². The molecule has 0 aromatic heterocycles. The second-order valence-electron chi connectivity index (χ2n) is 6.73. The standard InChI is InChI=1S/C17H22O5/c1-9-7-14-12(10(2)16(19)21-14)8-15(20-11(3)18)17(4)6-5-13(9)22-17/h12-15H,1-2,5-8H2,3-4H3/t12-,13+,14-,15-,17+/m0/s1. The highest BCUT2D eigenvalue weighted by atomic mass is 16.6. The summed E-state index contributed by atoms with van der Waals surface area (Å²) in [5.74, 6) is -0.861. The van der Waals surface area contributed by atoms with E-state index in [0.29, 0.717) is 18.4 Å². The largest absolute Gasteiger partial charge is 0.459 e. The molecule has 0 spiro atoms. The molecule has 0 amide bonds. The lowest BCUT2D eigenvalue weighted by atomic mass is 9.81. The molecule has 120 valence electrons. The van der Waals surface area contributed by atoms with Crippen molar-refractivity contribution in [2.45, 2.75) is 63.4 Å². The van der Waals surface area contributed by atoms with E-state index >= 15 is 0 Å². The molecule has 0 aliphatic carbocycles. The molecule has 5 atom stereocenters. The topological polar surface area (TPSA) is 61.8 Å². The Bertz CT molecular complexity index is 551. The van der Waals surface area contributed by atoms with Gasteiger partial charge in [0.05, 0.1) is 6.10 Å². The molecular formula is C17H22O5. The maximum atomic E-state index is 11.9. The maximum absolute atomic E-state index is 11.9. The second kappa shape index (κ2) is 5.23. The van der Waals surface area contributed by atoms with E-state index in [2.05, 4.69) is 13.2 Å².